The molecule has 0 radical (unpaired) electrons. The highest BCUT2D eigenvalue weighted by molar-refractivity contribution is 5.74. The molecule has 4 nitrogen and oxygen atoms in total. The number of nitrogens with zero attached hydrogens (tertiary/aromatic N) is 3. The number of hydrogen-bond donors (Lipinski definition) is 0. The third kappa shape index (κ3) is 2.34. The van der Waals surface area contributed by atoms with Crippen molar-refractivity contribution in [3.05, 3.63) is 0 Å². The predicted octanol–water partition coefficient (Wildman–Crippen LogP) is 0.304. The van der Waals surface area contributed by atoms with Crippen molar-refractivity contribution in [3.8, 4) is 0 Å². The highest BCUT2D eigenvalue weighted by atomic mass is 16.2. The third-order valence-electron chi connectivity index (χ3n) is 2.46. The predicted molar refractivity (Wildman–Crippen MR) is 52.7 cm³/mol. The molecule has 0 aromatic heterocycles. The van der Waals surface area contributed by atoms with Gasteiger partial charge >= 0.3 is 6.03 Å². The van der Waals surface area contributed by atoms with E-state index in [0.717, 1.165) is 19.6 Å². The second-order valence-electron chi connectivity index (χ2n) is 3.98. The summed E-state index contributed by atoms with van der Waals surface area (Å²) < 4.78 is 0. The maximum absolute atomic E-state index is 11.6. The van der Waals surface area contributed by atoms with E-state index in [1.807, 2.05) is 4.90 Å². The average molecular weight is 185 g/mol. The summed E-state index contributed by atoms with van der Waals surface area (Å²) in [6.07, 6.45) is 0. The van der Waals surface area contributed by atoms with Crippen molar-refractivity contribution in [1.82, 2.24) is 14.7 Å². The molecule has 1 atom stereocenters. The zero-order chi connectivity index (χ0) is 10.0. The summed E-state index contributed by atoms with van der Waals surface area (Å²) in [6.45, 7) is 4.88. The number of amides is 2. The van der Waals surface area contributed by atoms with Gasteiger partial charge in [-0.2, -0.15) is 0 Å². The van der Waals surface area contributed by atoms with Crippen LogP contribution in [-0.4, -0.2) is 67.5 Å². The van der Waals surface area contributed by atoms with Crippen LogP contribution in [0.3, 0.4) is 0 Å². The van der Waals surface area contributed by atoms with Crippen LogP contribution in [0, 0.1) is 0 Å². The van der Waals surface area contributed by atoms with Crippen LogP contribution < -0.4 is 0 Å². The van der Waals surface area contributed by atoms with Crippen molar-refractivity contribution in [1.29, 1.82) is 0 Å². The quantitative estimate of drug-likeness (QED) is 0.543. The van der Waals surface area contributed by atoms with E-state index in [1.165, 1.54) is 0 Å². The molecule has 1 aliphatic heterocycles. The molecule has 1 aliphatic rings. The Bertz CT molecular complexity index is 193. The van der Waals surface area contributed by atoms with Gasteiger partial charge < -0.3 is 14.7 Å². The van der Waals surface area contributed by atoms with E-state index < -0.39 is 0 Å². The maximum atomic E-state index is 11.6. The molecule has 1 unspecified atom stereocenters. The van der Waals surface area contributed by atoms with Crippen LogP contribution in [0.2, 0.25) is 0 Å². The summed E-state index contributed by atoms with van der Waals surface area (Å²) in [6, 6.07) is 0.453. The Morgan fingerprint density at radius 3 is 2.46 bits per heavy atom. The molecule has 1 saturated heterocycles. The van der Waals surface area contributed by atoms with E-state index >= 15 is 0 Å². The topological polar surface area (TPSA) is 26.8 Å². The van der Waals surface area contributed by atoms with Crippen LogP contribution in [0.5, 0.6) is 0 Å². The van der Waals surface area contributed by atoms with Crippen molar-refractivity contribution in [2.45, 2.75) is 13.0 Å². The molecule has 0 aromatic rings. The number of likely N-dealkylation sites (N-methyl/N-ethyl adjacent to an activating group) is 1. The smallest absolute Gasteiger partial charge is 0.319 e. The highest BCUT2D eigenvalue weighted by Crippen LogP contribution is 2.09. The average Bonchev–Trinajstić information content (AvgIpc) is 2.03. The number of hydrogen-bond acceptors (Lipinski definition) is 2. The van der Waals surface area contributed by atoms with Crippen LogP contribution in [-0.2, 0) is 0 Å². The molecular formula is C9H19N3O. The van der Waals surface area contributed by atoms with Gasteiger partial charge in [-0.1, -0.05) is 0 Å². The molecule has 0 spiro atoms. The van der Waals surface area contributed by atoms with Crippen LogP contribution >= 0.6 is 0 Å². The van der Waals surface area contributed by atoms with Gasteiger partial charge in [0.15, 0.2) is 0 Å². The largest absolute Gasteiger partial charge is 0.331 e. The fraction of sp³-hybridized carbons (Fsp3) is 0.889. The molecule has 0 N–H and O–H groups in total. The highest BCUT2D eigenvalue weighted by Gasteiger charge is 2.26. The van der Waals surface area contributed by atoms with E-state index in [1.54, 1.807) is 19.0 Å². The van der Waals surface area contributed by atoms with Crippen molar-refractivity contribution >= 4 is 6.03 Å². The Labute approximate surface area is 80.1 Å². The minimum atomic E-state index is 0.126. The second kappa shape index (κ2) is 3.96. The van der Waals surface area contributed by atoms with E-state index in [-0.39, 0.29) is 6.03 Å². The lowest BCUT2D eigenvalue weighted by Gasteiger charge is -2.39. The number of carbonyl (C=O) groups is 1. The van der Waals surface area contributed by atoms with Crippen molar-refractivity contribution in [2.75, 3.05) is 40.8 Å². The Balaban J connectivity index is 2.56. The minimum Gasteiger partial charge on any atom is -0.331 e. The van der Waals surface area contributed by atoms with Crippen molar-refractivity contribution < 1.29 is 4.79 Å². The Kier molecular flexibility index (Phi) is 3.14. The fourth-order valence-corrected chi connectivity index (χ4v) is 1.68. The zero-order valence-corrected chi connectivity index (χ0v) is 8.95. The first-order chi connectivity index (χ1) is 6.02. The normalized spacial score (nSPS) is 24.6. The number of carbonyl (C=O) groups excluding carboxylic acids is 1. The first-order valence-electron chi connectivity index (χ1n) is 4.69. The molecule has 1 heterocycles. The van der Waals surface area contributed by atoms with Crippen LogP contribution in [0.1, 0.15) is 6.92 Å². The van der Waals surface area contributed by atoms with Gasteiger partial charge in [-0.05, 0) is 14.0 Å². The van der Waals surface area contributed by atoms with Gasteiger partial charge in [-0.25, -0.2) is 4.79 Å². The monoisotopic (exact) mass is 185 g/mol. The fourth-order valence-electron chi connectivity index (χ4n) is 1.68. The van der Waals surface area contributed by atoms with Gasteiger partial charge in [-0.15, -0.1) is 0 Å². The van der Waals surface area contributed by atoms with Crippen molar-refractivity contribution in [2.24, 2.45) is 0 Å². The van der Waals surface area contributed by atoms with Crippen molar-refractivity contribution in [3.63, 3.8) is 0 Å². The minimum absolute atomic E-state index is 0.126. The SMILES string of the molecule is CC1CN(C)CCN1C(=O)N(C)C. The van der Waals surface area contributed by atoms with Gasteiger partial charge in [0.25, 0.3) is 0 Å². The van der Waals surface area contributed by atoms with Crippen LogP contribution in [0.15, 0.2) is 0 Å². The van der Waals surface area contributed by atoms with Gasteiger partial charge in [0.05, 0.1) is 0 Å². The lowest BCUT2D eigenvalue weighted by Crippen LogP contribution is -2.55. The maximum Gasteiger partial charge on any atom is 0.319 e. The van der Waals surface area contributed by atoms with Gasteiger partial charge in [0.1, 0.15) is 0 Å². The summed E-state index contributed by atoms with van der Waals surface area (Å²) in [5.74, 6) is 0. The van der Waals surface area contributed by atoms with E-state index in [4.69, 9.17) is 0 Å². The summed E-state index contributed by atoms with van der Waals surface area (Å²) >= 11 is 0. The number of rotatable bonds is 0. The van der Waals surface area contributed by atoms with Gasteiger partial charge in [-0.3, -0.25) is 0 Å². The zero-order valence-electron chi connectivity index (χ0n) is 8.95. The molecule has 1 fully saturated rings. The molecule has 0 aromatic carbocycles. The molecule has 13 heavy (non-hydrogen) atoms. The lowest BCUT2D eigenvalue weighted by atomic mass is 10.2. The summed E-state index contributed by atoms with van der Waals surface area (Å²) in [4.78, 5) is 17.5. The Hall–Kier alpha value is -0.770. The standard InChI is InChI=1S/C9H19N3O/c1-8-7-11(4)5-6-12(8)9(13)10(2)3/h8H,5-7H2,1-4H3. The summed E-state index contributed by atoms with van der Waals surface area (Å²) in [5, 5.41) is 0. The molecular weight excluding hydrogens is 166 g/mol. The molecule has 0 saturated carbocycles. The second-order valence-corrected chi connectivity index (χ2v) is 3.98. The third-order valence-corrected chi connectivity index (χ3v) is 2.46. The van der Waals surface area contributed by atoms with Gasteiger partial charge in [0, 0.05) is 39.8 Å². The van der Waals surface area contributed by atoms with E-state index in [2.05, 4.69) is 18.9 Å². The molecule has 0 bridgehead atoms. The van der Waals surface area contributed by atoms with Crippen LogP contribution in [0.25, 0.3) is 0 Å². The van der Waals surface area contributed by atoms with Gasteiger partial charge in [0.2, 0.25) is 0 Å². The van der Waals surface area contributed by atoms with Crippen LogP contribution in [0.4, 0.5) is 4.79 Å². The molecule has 2 amide bonds. The molecule has 76 valence electrons. The number of urea groups is 1. The van der Waals surface area contributed by atoms with E-state index in [9.17, 15) is 4.79 Å². The first-order valence-corrected chi connectivity index (χ1v) is 4.69. The summed E-state index contributed by atoms with van der Waals surface area (Å²) in [7, 11) is 5.69. The molecule has 0 aliphatic carbocycles. The first kappa shape index (κ1) is 10.3. The Morgan fingerprint density at radius 1 is 1.38 bits per heavy atom. The molecule has 1 rings (SSSR count). The van der Waals surface area contributed by atoms with E-state index in [0.29, 0.717) is 6.04 Å². The summed E-state index contributed by atoms with van der Waals surface area (Å²) in [5.41, 5.74) is 0. The Morgan fingerprint density at radius 2 is 2.00 bits per heavy atom. The number of piperazine rings is 1. The molecule has 4 heteroatoms. The lowest BCUT2D eigenvalue weighted by molar-refractivity contribution is 0.101.